The van der Waals surface area contributed by atoms with E-state index in [9.17, 15) is 4.79 Å². The standard InChI is InChI=1S/C16H26N4O/c1-3-20-15(21)6-4-7-16(20)8-5-9-19(12-16)11-14-10-17-13-18(14)2/h10,13H,3-9,11-12H2,1-2H3/t16-/m0/s1. The van der Waals surface area contributed by atoms with E-state index in [1.54, 1.807) is 0 Å². The number of hydrogen-bond donors (Lipinski definition) is 0. The maximum Gasteiger partial charge on any atom is 0.223 e. The number of imidazole rings is 1. The summed E-state index contributed by atoms with van der Waals surface area (Å²) in [6.07, 6.45) is 9.10. The number of aromatic nitrogens is 2. The van der Waals surface area contributed by atoms with Gasteiger partial charge in [-0.3, -0.25) is 9.69 Å². The van der Waals surface area contributed by atoms with Gasteiger partial charge in [-0.25, -0.2) is 4.98 Å². The third-order valence-corrected chi connectivity index (χ3v) is 5.16. The molecule has 2 aliphatic rings. The van der Waals surface area contributed by atoms with Gasteiger partial charge < -0.3 is 9.47 Å². The fourth-order valence-corrected chi connectivity index (χ4v) is 4.15. The van der Waals surface area contributed by atoms with Crippen LogP contribution in [0.3, 0.4) is 0 Å². The molecular formula is C16H26N4O. The molecule has 2 aliphatic heterocycles. The van der Waals surface area contributed by atoms with Gasteiger partial charge >= 0.3 is 0 Å². The van der Waals surface area contributed by atoms with E-state index in [2.05, 4.69) is 26.3 Å². The van der Waals surface area contributed by atoms with Crippen molar-refractivity contribution in [3.8, 4) is 0 Å². The Bertz CT molecular complexity index is 508. The second kappa shape index (κ2) is 5.79. The van der Waals surface area contributed by atoms with Crippen LogP contribution >= 0.6 is 0 Å². The molecule has 0 saturated carbocycles. The zero-order valence-electron chi connectivity index (χ0n) is 13.2. The smallest absolute Gasteiger partial charge is 0.223 e. The minimum Gasteiger partial charge on any atom is -0.337 e. The van der Waals surface area contributed by atoms with Crippen LogP contribution in [0.2, 0.25) is 0 Å². The summed E-state index contributed by atoms with van der Waals surface area (Å²) in [7, 11) is 2.05. The molecule has 0 unspecified atom stereocenters. The Morgan fingerprint density at radius 2 is 2.14 bits per heavy atom. The largest absolute Gasteiger partial charge is 0.337 e. The second-order valence-electron chi connectivity index (χ2n) is 6.53. The highest BCUT2D eigenvalue weighted by Crippen LogP contribution is 2.36. The molecule has 5 heteroatoms. The zero-order valence-corrected chi connectivity index (χ0v) is 13.2. The number of aryl methyl sites for hydroxylation is 1. The molecule has 3 heterocycles. The predicted molar refractivity (Wildman–Crippen MR) is 81.7 cm³/mol. The molecule has 1 amide bonds. The highest BCUT2D eigenvalue weighted by atomic mass is 16.2. The lowest BCUT2D eigenvalue weighted by molar-refractivity contribution is -0.145. The monoisotopic (exact) mass is 290 g/mol. The highest BCUT2D eigenvalue weighted by molar-refractivity contribution is 5.78. The lowest BCUT2D eigenvalue weighted by Crippen LogP contribution is -2.62. The van der Waals surface area contributed by atoms with Crippen molar-refractivity contribution >= 4 is 5.91 Å². The van der Waals surface area contributed by atoms with E-state index >= 15 is 0 Å². The number of likely N-dealkylation sites (tertiary alicyclic amines) is 2. The van der Waals surface area contributed by atoms with Gasteiger partial charge in [0.25, 0.3) is 0 Å². The van der Waals surface area contributed by atoms with Gasteiger partial charge in [0.1, 0.15) is 0 Å². The Morgan fingerprint density at radius 3 is 2.86 bits per heavy atom. The number of hydrogen-bond acceptors (Lipinski definition) is 3. The lowest BCUT2D eigenvalue weighted by atomic mass is 9.79. The summed E-state index contributed by atoms with van der Waals surface area (Å²) < 4.78 is 2.09. The number of amides is 1. The average molecular weight is 290 g/mol. The summed E-state index contributed by atoms with van der Waals surface area (Å²) in [5.41, 5.74) is 1.33. The predicted octanol–water partition coefficient (Wildman–Crippen LogP) is 1.79. The molecule has 1 atom stereocenters. The molecule has 0 bridgehead atoms. The van der Waals surface area contributed by atoms with Crippen molar-refractivity contribution in [2.24, 2.45) is 7.05 Å². The first-order valence-corrected chi connectivity index (χ1v) is 8.13. The van der Waals surface area contributed by atoms with Gasteiger partial charge in [-0.2, -0.15) is 0 Å². The fourth-order valence-electron chi connectivity index (χ4n) is 4.15. The van der Waals surface area contributed by atoms with E-state index < -0.39 is 0 Å². The summed E-state index contributed by atoms with van der Waals surface area (Å²) in [6.45, 7) is 6.03. The van der Waals surface area contributed by atoms with Crippen molar-refractivity contribution in [2.45, 2.75) is 51.1 Å². The van der Waals surface area contributed by atoms with Crippen LogP contribution in [0.4, 0.5) is 0 Å². The van der Waals surface area contributed by atoms with Gasteiger partial charge in [0.05, 0.1) is 17.6 Å². The molecule has 21 heavy (non-hydrogen) atoms. The number of nitrogens with zero attached hydrogens (tertiary/aromatic N) is 4. The Kier molecular flexibility index (Phi) is 4.02. The first-order valence-electron chi connectivity index (χ1n) is 8.13. The maximum absolute atomic E-state index is 12.3. The van der Waals surface area contributed by atoms with Crippen LogP contribution in [0.5, 0.6) is 0 Å². The van der Waals surface area contributed by atoms with Crippen LogP contribution < -0.4 is 0 Å². The van der Waals surface area contributed by atoms with Crippen LogP contribution in [-0.2, 0) is 18.4 Å². The van der Waals surface area contributed by atoms with E-state index in [1.165, 1.54) is 12.1 Å². The molecule has 0 aliphatic carbocycles. The van der Waals surface area contributed by atoms with Gasteiger partial charge in [-0.1, -0.05) is 0 Å². The summed E-state index contributed by atoms with van der Waals surface area (Å²) >= 11 is 0. The number of piperidine rings is 2. The van der Waals surface area contributed by atoms with Gasteiger partial charge in [0.15, 0.2) is 0 Å². The normalized spacial score (nSPS) is 27.5. The first kappa shape index (κ1) is 14.6. The molecule has 116 valence electrons. The quantitative estimate of drug-likeness (QED) is 0.852. The highest BCUT2D eigenvalue weighted by Gasteiger charge is 2.44. The Balaban J connectivity index is 1.75. The molecule has 0 aromatic carbocycles. The molecule has 1 spiro atoms. The van der Waals surface area contributed by atoms with E-state index in [0.29, 0.717) is 5.91 Å². The molecule has 2 fully saturated rings. The molecular weight excluding hydrogens is 264 g/mol. The van der Waals surface area contributed by atoms with Gasteiger partial charge in [-0.15, -0.1) is 0 Å². The number of likely N-dealkylation sites (N-methyl/N-ethyl adjacent to an activating group) is 1. The fraction of sp³-hybridized carbons (Fsp3) is 0.750. The van der Waals surface area contributed by atoms with Gasteiger partial charge in [0, 0.05) is 39.3 Å². The molecule has 2 saturated heterocycles. The van der Waals surface area contributed by atoms with Gasteiger partial charge in [0.2, 0.25) is 5.91 Å². The van der Waals surface area contributed by atoms with Crippen molar-refractivity contribution in [1.82, 2.24) is 19.4 Å². The van der Waals surface area contributed by atoms with Crippen LogP contribution in [-0.4, -0.2) is 50.4 Å². The van der Waals surface area contributed by atoms with E-state index in [-0.39, 0.29) is 5.54 Å². The van der Waals surface area contributed by atoms with Crippen LogP contribution in [0.25, 0.3) is 0 Å². The summed E-state index contributed by atoms with van der Waals surface area (Å²) in [5.74, 6) is 0.353. The first-order chi connectivity index (χ1) is 10.1. The Morgan fingerprint density at radius 1 is 1.33 bits per heavy atom. The zero-order chi connectivity index (χ0) is 14.9. The van der Waals surface area contributed by atoms with E-state index in [4.69, 9.17) is 0 Å². The summed E-state index contributed by atoms with van der Waals surface area (Å²) in [6, 6.07) is 0. The topological polar surface area (TPSA) is 41.4 Å². The molecule has 0 N–H and O–H groups in total. The third kappa shape index (κ3) is 2.71. The minimum atomic E-state index is 0.0843. The molecule has 3 rings (SSSR count). The van der Waals surface area contributed by atoms with Crippen molar-refractivity contribution in [1.29, 1.82) is 0 Å². The second-order valence-corrected chi connectivity index (χ2v) is 6.53. The van der Waals surface area contributed by atoms with Crippen LogP contribution in [0, 0.1) is 0 Å². The van der Waals surface area contributed by atoms with Gasteiger partial charge in [-0.05, 0) is 39.2 Å². The summed E-state index contributed by atoms with van der Waals surface area (Å²) in [5, 5.41) is 0. The SMILES string of the molecule is CCN1C(=O)CCC[C@@]12CCCN(Cc1cncn1C)C2. The number of carbonyl (C=O) groups excluding carboxylic acids is 1. The molecule has 0 radical (unpaired) electrons. The van der Waals surface area contributed by atoms with Crippen molar-refractivity contribution in [3.63, 3.8) is 0 Å². The molecule has 1 aromatic rings. The number of carbonyl (C=O) groups is 1. The van der Waals surface area contributed by atoms with E-state index in [0.717, 1.165) is 51.9 Å². The van der Waals surface area contributed by atoms with Crippen molar-refractivity contribution in [2.75, 3.05) is 19.6 Å². The van der Waals surface area contributed by atoms with Crippen molar-refractivity contribution < 1.29 is 4.79 Å². The molecule has 1 aromatic heterocycles. The minimum absolute atomic E-state index is 0.0843. The van der Waals surface area contributed by atoms with Crippen LogP contribution in [0.15, 0.2) is 12.5 Å². The van der Waals surface area contributed by atoms with E-state index in [1.807, 2.05) is 19.6 Å². The Hall–Kier alpha value is -1.36. The third-order valence-electron chi connectivity index (χ3n) is 5.16. The van der Waals surface area contributed by atoms with Crippen molar-refractivity contribution in [3.05, 3.63) is 18.2 Å². The average Bonchev–Trinajstić information content (AvgIpc) is 2.85. The Labute approximate surface area is 126 Å². The van der Waals surface area contributed by atoms with Crippen LogP contribution in [0.1, 0.15) is 44.7 Å². The maximum atomic E-state index is 12.3. The summed E-state index contributed by atoms with van der Waals surface area (Å²) in [4.78, 5) is 21.1. The number of rotatable bonds is 3. The molecule has 5 nitrogen and oxygen atoms in total. The lowest BCUT2D eigenvalue weighted by Gasteiger charge is -2.52.